The summed E-state index contributed by atoms with van der Waals surface area (Å²) in [6.45, 7) is 2.68. The normalized spacial score (nSPS) is 11.1. The zero-order valence-electron chi connectivity index (χ0n) is 8.59. The van der Waals surface area contributed by atoms with Crippen LogP contribution in [0.1, 0.15) is 18.4 Å². The van der Waals surface area contributed by atoms with E-state index >= 15 is 0 Å². The maximum absolute atomic E-state index is 5.60. The predicted molar refractivity (Wildman–Crippen MR) is 63.8 cm³/mol. The summed E-state index contributed by atoms with van der Waals surface area (Å²) in [5, 5.41) is 0. The first-order valence-electron chi connectivity index (χ1n) is 5.02. The van der Waals surface area contributed by atoms with Crippen molar-refractivity contribution in [2.75, 3.05) is 6.54 Å². The van der Waals surface area contributed by atoms with Gasteiger partial charge in [-0.25, -0.2) is 4.98 Å². The van der Waals surface area contributed by atoms with E-state index in [2.05, 4.69) is 40.0 Å². The molecule has 0 unspecified atom stereocenters. The van der Waals surface area contributed by atoms with E-state index in [0.717, 1.165) is 22.0 Å². The molecule has 0 amide bonds. The molecule has 3 nitrogen and oxygen atoms in total. The number of halogens is 1. The smallest absolute Gasteiger partial charge is 0.196 e. The lowest BCUT2D eigenvalue weighted by Gasteiger charge is -1.96. The van der Waals surface area contributed by atoms with Crippen LogP contribution >= 0.6 is 15.9 Å². The van der Waals surface area contributed by atoms with Crippen LogP contribution in [0.25, 0.3) is 11.1 Å². The Morgan fingerprint density at radius 1 is 1.47 bits per heavy atom. The molecule has 0 aliphatic heterocycles. The van der Waals surface area contributed by atoms with Crippen molar-refractivity contribution in [1.29, 1.82) is 0 Å². The SMILES string of the molecule is CCc1cc(Br)c2oc(CCN)nc2c1. The van der Waals surface area contributed by atoms with E-state index in [4.69, 9.17) is 10.2 Å². The number of hydrogen-bond acceptors (Lipinski definition) is 3. The van der Waals surface area contributed by atoms with Gasteiger partial charge in [0.2, 0.25) is 0 Å². The van der Waals surface area contributed by atoms with Crippen LogP contribution in [-0.4, -0.2) is 11.5 Å². The van der Waals surface area contributed by atoms with Crippen LogP contribution in [0.15, 0.2) is 21.0 Å². The van der Waals surface area contributed by atoms with Gasteiger partial charge in [-0.15, -0.1) is 0 Å². The van der Waals surface area contributed by atoms with Crippen molar-refractivity contribution in [3.05, 3.63) is 28.1 Å². The van der Waals surface area contributed by atoms with Gasteiger partial charge in [-0.1, -0.05) is 6.92 Å². The van der Waals surface area contributed by atoms with Crippen LogP contribution in [0.2, 0.25) is 0 Å². The van der Waals surface area contributed by atoms with E-state index < -0.39 is 0 Å². The summed E-state index contributed by atoms with van der Waals surface area (Å²) in [5.74, 6) is 0.710. The molecule has 0 aliphatic carbocycles. The number of aromatic nitrogens is 1. The second-order valence-electron chi connectivity index (χ2n) is 3.43. The standard InChI is InChI=1S/C11H13BrN2O/c1-2-7-5-8(12)11-9(6-7)14-10(15-11)3-4-13/h5-6H,2-4,13H2,1H3. The fourth-order valence-electron chi connectivity index (χ4n) is 1.53. The fraction of sp³-hybridized carbons (Fsp3) is 0.364. The molecule has 2 N–H and O–H groups in total. The van der Waals surface area contributed by atoms with Crippen molar-refractivity contribution in [3.8, 4) is 0 Å². The van der Waals surface area contributed by atoms with Crippen molar-refractivity contribution in [3.63, 3.8) is 0 Å². The summed E-state index contributed by atoms with van der Waals surface area (Å²) < 4.78 is 6.57. The lowest BCUT2D eigenvalue weighted by molar-refractivity contribution is 0.530. The summed E-state index contributed by atoms with van der Waals surface area (Å²) in [4.78, 5) is 4.40. The minimum atomic E-state index is 0.561. The number of nitrogens with zero attached hydrogens (tertiary/aromatic N) is 1. The molecule has 1 aromatic heterocycles. The molecular formula is C11H13BrN2O. The van der Waals surface area contributed by atoms with Gasteiger partial charge in [-0.2, -0.15) is 0 Å². The van der Waals surface area contributed by atoms with Gasteiger partial charge in [0.15, 0.2) is 11.5 Å². The van der Waals surface area contributed by atoms with Gasteiger partial charge in [0.1, 0.15) is 5.52 Å². The van der Waals surface area contributed by atoms with Crippen molar-refractivity contribution < 1.29 is 4.42 Å². The number of nitrogens with two attached hydrogens (primary N) is 1. The molecule has 15 heavy (non-hydrogen) atoms. The molecule has 2 aromatic rings. The average Bonchev–Trinajstić information content (AvgIpc) is 2.61. The van der Waals surface area contributed by atoms with Crippen molar-refractivity contribution in [2.24, 2.45) is 5.73 Å². The zero-order chi connectivity index (χ0) is 10.8. The Balaban J connectivity index is 2.54. The number of rotatable bonds is 3. The second kappa shape index (κ2) is 4.33. The lowest BCUT2D eigenvalue weighted by Crippen LogP contribution is -2.02. The highest BCUT2D eigenvalue weighted by Gasteiger charge is 2.09. The first-order chi connectivity index (χ1) is 7.24. The van der Waals surface area contributed by atoms with E-state index in [1.807, 2.05) is 0 Å². The summed E-state index contributed by atoms with van der Waals surface area (Å²) in [6.07, 6.45) is 1.68. The molecule has 0 saturated heterocycles. The Morgan fingerprint density at radius 2 is 2.27 bits per heavy atom. The van der Waals surface area contributed by atoms with Gasteiger partial charge in [0.25, 0.3) is 0 Å². The topological polar surface area (TPSA) is 52.0 Å². The molecule has 0 saturated carbocycles. The third-order valence-electron chi connectivity index (χ3n) is 2.32. The van der Waals surface area contributed by atoms with E-state index in [1.165, 1.54) is 5.56 Å². The molecule has 1 aromatic carbocycles. The zero-order valence-corrected chi connectivity index (χ0v) is 10.2. The Bertz CT molecular complexity index is 479. The Hall–Kier alpha value is -0.870. The molecular weight excluding hydrogens is 256 g/mol. The minimum Gasteiger partial charge on any atom is -0.439 e. The monoisotopic (exact) mass is 268 g/mol. The molecule has 0 spiro atoms. The fourth-order valence-corrected chi connectivity index (χ4v) is 2.11. The number of aryl methyl sites for hydroxylation is 1. The number of fused-ring (bicyclic) bond motifs is 1. The third kappa shape index (κ3) is 2.06. The first kappa shape index (κ1) is 10.6. The van der Waals surface area contributed by atoms with Gasteiger partial charge < -0.3 is 10.2 Å². The minimum absolute atomic E-state index is 0.561. The number of benzene rings is 1. The van der Waals surface area contributed by atoms with Crippen LogP contribution < -0.4 is 5.73 Å². The van der Waals surface area contributed by atoms with Crippen molar-refractivity contribution in [2.45, 2.75) is 19.8 Å². The van der Waals surface area contributed by atoms with Gasteiger partial charge in [-0.3, -0.25) is 0 Å². The molecule has 4 heteroatoms. The molecule has 0 bridgehead atoms. The highest BCUT2D eigenvalue weighted by atomic mass is 79.9. The maximum atomic E-state index is 5.60. The Kier molecular flexibility index (Phi) is 3.07. The molecule has 2 rings (SSSR count). The van der Waals surface area contributed by atoms with E-state index in [-0.39, 0.29) is 0 Å². The van der Waals surface area contributed by atoms with E-state index in [0.29, 0.717) is 18.9 Å². The third-order valence-corrected chi connectivity index (χ3v) is 2.90. The largest absolute Gasteiger partial charge is 0.439 e. The van der Waals surface area contributed by atoms with Crippen LogP contribution in [0.3, 0.4) is 0 Å². The maximum Gasteiger partial charge on any atom is 0.196 e. The molecule has 0 aliphatic rings. The second-order valence-corrected chi connectivity index (χ2v) is 4.28. The lowest BCUT2D eigenvalue weighted by atomic mass is 10.1. The predicted octanol–water partition coefficient (Wildman–Crippen LogP) is 2.65. The molecule has 0 atom stereocenters. The van der Waals surface area contributed by atoms with Gasteiger partial charge in [0.05, 0.1) is 4.47 Å². The summed E-state index contributed by atoms with van der Waals surface area (Å²) >= 11 is 3.49. The Labute approximate surface area is 96.8 Å². The van der Waals surface area contributed by atoms with Crippen molar-refractivity contribution in [1.82, 2.24) is 4.98 Å². The summed E-state index contributed by atoms with van der Waals surface area (Å²) in [7, 11) is 0. The quantitative estimate of drug-likeness (QED) is 0.931. The van der Waals surface area contributed by atoms with Crippen molar-refractivity contribution >= 4 is 27.0 Å². The molecule has 80 valence electrons. The van der Waals surface area contributed by atoms with E-state index in [1.54, 1.807) is 0 Å². The summed E-state index contributed by atoms with van der Waals surface area (Å²) in [6, 6.07) is 4.13. The molecule has 1 heterocycles. The van der Waals surface area contributed by atoms with Crippen LogP contribution in [-0.2, 0) is 12.8 Å². The highest BCUT2D eigenvalue weighted by Crippen LogP contribution is 2.26. The molecule has 0 radical (unpaired) electrons. The van der Waals surface area contributed by atoms with Gasteiger partial charge >= 0.3 is 0 Å². The highest BCUT2D eigenvalue weighted by molar-refractivity contribution is 9.10. The number of oxazole rings is 1. The van der Waals surface area contributed by atoms with Crippen LogP contribution in [0, 0.1) is 0 Å². The van der Waals surface area contributed by atoms with E-state index in [9.17, 15) is 0 Å². The Morgan fingerprint density at radius 3 is 2.93 bits per heavy atom. The van der Waals surface area contributed by atoms with Gasteiger partial charge in [-0.05, 0) is 40.0 Å². The average molecular weight is 269 g/mol. The molecule has 0 fully saturated rings. The van der Waals surface area contributed by atoms with Crippen LogP contribution in [0.5, 0.6) is 0 Å². The first-order valence-corrected chi connectivity index (χ1v) is 5.81. The number of hydrogen-bond donors (Lipinski definition) is 1. The van der Waals surface area contributed by atoms with Gasteiger partial charge in [0, 0.05) is 13.0 Å². The summed E-state index contributed by atoms with van der Waals surface area (Å²) in [5.41, 5.74) is 8.44. The van der Waals surface area contributed by atoms with Crippen LogP contribution in [0.4, 0.5) is 0 Å².